The van der Waals surface area contributed by atoms with E-state index in [1.54, 1.807) is 43.3 Å². The van der Waals surface area contributed by atoms with E-state index in [4.69, 9.17) is 4.74 Å². The molecule has 158 valence electrons. The lowest BCUT2D eigenvalue weighted by atomic mass is 10.1. The van der Waals surface area contributed by atoms with Crippen molar-refractivity contribution in [2.45, 2.75) is 26.0 Å². The van der Waals surface area contributed by atoms with E-state index in [1.807, 2.05) is 0 Å². The Balaban J connectivity index is 2.34. The summed E-state index contributed by atoms with van der Waals surface area (Å²) in [7, 11) is 0. The van der Waals surface area contributed by atoms with E-state index >= 15 is 0 Å². The zero-order valence-electron chi connectivity index (χ0n) is 16.6. The first-order chi connectivity index (χ1) is 14.3. The summed E-state index contributed by atoms with van der Waals surface area (Å²) in [6.45, 7) is 2.95. The minimum absolute atomic E-state index is 0.0561. The number of benzene rings is 2. The molecule has 0 aromatic heterocycles. The molecule has 2 amide bonds. The van der Waals surface area contributed by atoms with E-state index < -0.39 is 35.7 Å². The molecule has 0 aliphatic carbocycles. The molecule has 0 saturated heterocycles. The van der Waals surface area contributed by atoms with Gasteiger partial charge in [-0.3, -0.25) is 9.59 Å². The van der Waals surface area contributed by atoms with Gasteiger partial charge in [0.1, 0.15) is 11.5 Å². The van der Waals surface area contributed by atoms with Crippen LogP contribution < -0.4 is 10.6 Å². The number of aliphatic hydroxyl groups excluding tert-OH is 1. The maximum Gasteiger partial charge on any atom is 0.331 e. The molecule has 0 fully saturated rings. The van der Waals surface area contributed by atoms with Gasteiger partial charge in [-0.2, -0.15) is 0 Å². The molecule has 8 heteroatoms. The Bertz CT molecular complexity index is 928. The Morgan fingerprint density at radius 2 is 1.73 bits per heavy atom. The first-order valence-corrected chi connectivity index (χ1v) is 9.31. The highest BCUT2D eigenvalue weighted by atomic mass is 19.1. The second-order valence-electron chi connectivity index (χ2n) is 6.34. The van der Waals surface area contributed by atoms with Crippen molar-refractivity contribution >= 4 is 23.9 Å². The van der Waals surface area contributed by atoms with Gasteiger partial charge in [-0.05, 0) is 38.1 Å². The van der Waals surface area contributed by atoms with Crippen LogP contribution in [0.25, 0.3) is 6.08 Å². The Kier molecular flexibility index (Phi) is 8.25. The Hall–Kier alpha value is -3.52. The number of amides is 2. The number of rotatable bonds is 8. The lowest BCUT2D eigenvalue weighted by Gasteiger charge is -2.20. The fraction of sp³-hybridized carbons (Fsp3) is 0.227. The third kappa shape index (κ3) is 6.25. The summed E-state index contributed by atoms with van der Waals surface area (Å²) in [6.07, 6.45) is -0.108. The highest BCUT2D eigenvalue weighted by Gasteiger charge is 2.28. The topological polar surface area (TPSA) is 105 Å². The predicted molar refractivity (Wildman–Crippen MR) is 109 cm³/mol. The van der Waals surface area contributed by atoms with Crippen molar-refractivity contribution in [2.75, 3.05) is 6.61 Å². The fourth-order valence-corrected chi connectivity index (χ4v) is 2.52. The summed E-state index contributed by atoms with van der Waals surface area (Å²) in [5, 5.41) is 14.6. The smallest absolute Gasteiger partial charge is 0.331 e. The zero-order valence-corrected chi connectivity index (χ0v) is 16.6. The van der Waals surface area contributed by atoms with Gasteiger partial charge >= 0.3 is 5.97 Å². The van der Waals surface area contributed by atoms with Crippen LogP contribution in [0.3, 0.4) is 0 Å². The molecule has 30 heavy (non-hydrogen) atoms. The summed E-state index contributed by atoms with van der Waals surface area (Å²) in [5.74, 6) is -2.92. The number of esters is 1. The van der Waals surface area contributed by atoms with E-state index in [-0.39, 0.29) is 23.4 Å². The Morgan fingerprint density at radius 1 is 1.10 bits per heavy atom. The maximum atomic E-state index is 14.1. The molecule has 0 radical (unpaired) electrons. The number of aliphatic hydroxyl groups is 1. The van der Waals surface area contributed by atoms with Crippen molar-refractivity contribution < 1.29 is 28.6 Å². The van der Waals surface area contributed by atoms with Crippen LogP contribution in [0.4, 0.5) is 4.39 Å². The van der Waals surface area contributed by atoms with Crippen LogP contribution >= 0.6 is 0 Å². The quantitative estimate of drug-likeness (QED) is 0.453. The van der Waals surface area contributed by atoms with Crippen molar-refractivity contribution in [3.63, 3.8) is 0 Å². The van der Waals surface area contributed by atoms with E-state index in [1.165, 1.54) is 25.1 Å². The lowest BCUT2D eigenvalue weighted by Crippen LogP contribution is -2.50. The minimum atomic E-state index is -1.37. The third-order valence-electron chi connectivity index (χ3n) is 4.04. The van der Waals surface area contributed by atoms with E-state index in [0.717, 1.165) is 6.08 Å². The lowest BCUT2D eigenvalue weighted by molar-refractivity contribution is -0.150. The number of halogens is 1. The molecular weight excluding hydrogens is 391 g/mol. The second kappa shape index (κ2) is 10.9. The van der Waals surface area contributed by atoms with Gasteiger partial charge in [-0.1, -0.05) is 36.4 Å². The number of nitrogens with one attached hydrogen (secondary N) is 2. The Labute approximate surface area is 173 Å². The maximum absolute atomic E-state index is 14.1. The molecule has 7 nitrogen and oxygen atoms in total. The van der Waals surface area contributed by atoms with Crippen LogP contribution in [-0.4, -0.2) is 41.6 Å². The largest absolute Gasteiger partial charge is 0.464 e. The molecule has 0 aliphatic heterocycles. The monoisotopic (exact) mass is 414 g/mol. The SMILES string of the molecule is CCOC(=O)[C@@H](NC(=O)/C(=C/c1ccccc1F)NC(=O)c1ccccc1)[C@H](C)O. The normalized spacial score (nSPS) is 13.1. The van der Waals surface area contributed by atoms with Gasteiger partial charge in [0.15, 0.2) is 6.04 Å². The number of hydrogen-bond acceptors (Lipinski definition) is 5. The van der Waals surface area contributed by atoms with Crippen molar-refractivity contribution in [1.29, 1.82) is 0 Å². The van der Waals surface area contributed by atoms with Crippen LogP contribution in [-0.2, 0) is 14.3 Å². The molecule has 3 N–H and O–H groups in total. The van der Waals surface area contributed by atoms with Gasteiger partial charge in [0.05, 0.1) is 12.7 Å². The van der Waals surface area contributed by atoms with Crippen LogP contribution in [0.1, 0.15) is 29.8 Å². The van der Waals surface area contributed by atoms with Crippen molar-refractivity contribution in [1.82, 2.24) is 10.6 Å². The molecular formula is C22H23FN2O5. The van der Waals surface area contributed by atoms with Gasteiger partial charge in [0.2, 0.25) is 0 Å². The number of ether oxygens (including phenoxy) is 1. The third-order valence-corrected chi connectivity index (χ3v) is 4.04. The molecule has 2 atom stereocenters. The van der Waals surface area contributed by atoms with E-state index in [0.29, 0.717) is 0 Å². The average Bonchev–Trinajstić information content (AvgIpc) is 2.73. The summed E-state index contributed by atoms with van der Waals surface area (Å²) in [5.41, 5.74) is 0.0341. The molecule has 2 aromatic rings. The van der Waals surface area contributed by atoms with Crippen LogP contribution in [0, 0.1) is 5.82 Å². The van der Waals surface area contributed by atoms with Crippen LogP contribution in [0.15, 0.2) is 60.3 Å². The molecule has 2 aromatic carbocycles. The van der Waals surface area contributed by atoms with Crippen molar-refractivity contribution in [3.05, 3.63) is 77.2 Å². The number of carbonyl (C=O) groups excluding carboxylic acids is 3. The summed E-state index contributed by atoms with van der Waals surface area (Å²) in [6, 6.07) is 12.4. The van der Waals surface area contributed by atoms with E-state index in [9.17, 15) is 23.9 Å². The van der Waals surface area contributed by atoms with Crippen molar-refractivity contribution in [2.24, 2.45) is 0 Å². The highest BCUT2D eigenvalue weighted by Crippen LogP contribution is 2.12. The van der Waals surface area contributed by atoms with Crippen molar-refractivity contribution in [3.8, 4) is 0 Å². The van der Waals surface area contributed by atoms with Crippen LogP contribution in [0.5, 0.6) is 0 Å². The molecule has 0 heterocycles. The highest BCUT2D eigenvalue weighted by molar-refractivity contribution is 6.06. The molecule has 0 aliphatic rings. The first-order valence-electron chi connectivity index (χ1n) is 9.31. The number of hydrogen-bond donors (Lipinski definition) is 3. The zero-order chi connectivity index (χ0) is 22.1. The second-order valence-corrected chi connectivity index (χ2v) is 6.34. The van der Waals surface area contributed by atoms with Gasteiger partial charge in [-0.15, -0.1) is 0 Å². The molecule has 0 bridgehead atoms. The van der Waals surface area contributed by atoms with Gasteiger partial charge in [0.25, 0.3) is 11.8 Å². The molecule has 0 saturated carbocycles. The first kappa shape index (κ1) is 22.8. The molecule has 0 spiro atoms. The van der Waals surface area contributed by atoms with Gasteiger partial charge in [0, 0.05) is 11.1 Å². The average molecular weight is 414 g/mol. The van der Waals surface area contributed by atoms with Gasteiger partial charge < -0.3 is 20.5 Å². The van der Waals surface area contributed by atoms with Crippen LogP contribution in [0.2, 0.25) is 0 Å². The molecule has 0 unspecified atom stereocenters. The number of carbonyl (C=O) groups is 3. The fourth-order valence-electron chi connectivity index (χ4n) is 2.52. The summed E-state index contributed by atoms with van der Waals surface area (Å²) < 4.78 is 18.9. The Morgan fingerprint density at radius 3 is 2.33 bits per heavy atom. The predicted octanol–water partition coefficient (Wildman–Crippen LogP) is 2.03. The molecule has 2 rings (SSSR count). The standard InChI is InChI=1S/C22H23FN2O5/c1-3-30-22(29)19(14(2)26)25-21(28)18(13-16-11-7-8-12-17(16)23)24-20(27)15-9-5-4-6-10-15/h4-14,19,26H,3H2,1-2H3,(H,24,27)(H,25,28)/b18-13-/t14-,19-/m0/s1. The minimum Gasteiger partial charge on any atom is -0.464 e. The summed E-state index contributed by atoms with van der Waals surface area (Å²) >= 11 is 0. The van der Waals surface area contributed by atoms with E-state index in [2.05, 4.69) is 10.6 Å². The summed E-state index contributed by atoms with van der Waals surface area (Å²) in [4.78, 5) is 37.4. The van der Waals surface area contributed by atoms with Gasteiger partial charge in [-0.25, -0.2) is 9.18 Å².